The van der Waals surface area contributed by atoms with Gasteiger partial charge in [0.2, 0.25) is 5.91 Å². The van der Waals surface area contributed by atoms with E-state index in [1.165, 1.54) is 0 Å². The smallest absolute Gasteiger partial charge is 0.236 e. The topological polar surface area (TPSA) is 20.3 Å². The fraction of sp³-hybridized carbons (Fsp3) is 0.625. The number of rotatable bonds is 2. The van der Waals surface area contributed by atoms with Crippen LogP contribution in [0, 0.1) is 0 Å². The summed E-state index contributed by atoms with van der Waals surface area (Å²) in [6, 6.07) is 0. The number of carbonyl (C=O) groups is 1. The minimum atomic E-state index is 0.0434. The van der Waals surface area contributed by atoms with Crippen molar-refractivity contribution in [3.05, 3.63) is 12.2 Å². The van der Waals surface area contributed by atoms with Crippen LogP contribution in [0.25, 0.3) is 0 Å². The summed E-state index contributed by atoms with van der Waals surface area (Å²) in [6.45, 7) is 7.28. The van der Waals surface area contributed by atoms with Crippen LogP contribution in [-0.2, 0) is 4.79 Å². The third-order valence-corrected chi connectivity index (χ3v) is 2.54. The normalized spacial score (nSPS) is 24.4. The lowest BCUT2D eigenvalue weighted by atomic mass is 10.3. The van der Waals surface area contributed by atoms with Gasteiger partial charge in [0.15, 0.2) is 0 Å². The van der Waals surface area contributed by atoms with Gasteiger partial charge >= 0.3 is 0 Å². The molecule has 0 radical (unpaired) electrons. The predicted octanol–water partition coefficient (Wildman–Crippen LogP) is 1.56. The minimum absolute atomic E-state index is 0.0434. The monoisotopic (exact) mass is 217 g/mol. The molecule has 1 aliphatic heterocycles. The van der Waals surface area contributed by atoms with Gasteiger partial charge in [-0.2, -0.15) is 0 Å². The molecule has 1 aliphatic rings. The molecule has 62 valence electrons. The fourth-order valence-electron chi connectivity index (χ4n) is 1.18. The van der Waals surface area contributed by atoms with E-state index in [1.54, 1.807) is 0 Å². The molecule has 0 aromatic rings. The van der Waals surface area contributed by atoms with Crippen molar-refractivity contribution in [2.24, 2.45) is 0 Å². The Hall–Kier alpha value is -0.310. The van der Waals surface area contributed by atoms with Gasteiger partial charge in [-0.3, -0.25) is 4.79 Å². The highest BCUT2D eigenvalue weighted by Gasteiger charge is 2.28. The maximum atomic E-state index is 11.3. The first kappa shape index (κ1) is 8.78. The van der Waals surface area contributed by atoms with Crippen molar-refractivity contribution in [3.63, 3.8) is 0 Å². The Morgan fingerprint density at radius 2 is 2.55 bits per heavy atom. The van der Waals surface area contributed by atoms with Gasteiger partial charge in [-0.1, -0.05) is 28.1 Å². The molecule has 1 unspecified atom stereocenters. The zero-order valence-electron chi connectivity index (χ0n) is 6.64. The number of hydrogen-bond donors (Lipinski definition) is 0. The number of nitrogens with zero attached hydrogens (tertiary/aromatic N) is 1. The summed E-state index contributed by atoms with van der Waals surface area (Å²) in [5.74, 6) is 0.202. The Morgan fingerprint density at radius 3 is 2.91 bits per heavy atom. The van der Waals surface area contributed by atoms with Crippen molar-refractivity contribution in [3.8, 4) is 0 Å². The standard InChI is InChI=1S/C8H12BrNO/c1-6(2)5-10-4-3-7(9)8(10)11/h7H,1,3-5H2,2H3. The van der Waals surface area contributed by atoms with Crippen LogP contribution < -0.4 is 0 Å². The summed E-state index contributed by atoms with van der Waals surface area (Å²) in [6.07, 6.45) is 0.923. The first-order chi connectivity index (χ1) is 5.11. The molecule has 0 spiro atoms. The van der Waals surface area contributed by atoms with Crippen LogP contribution in [0.3, 0.4) is 0 Å². The van der Waals surface area contributed by atoms with E-state index in [2.05, 4.69) is 22.5 Å². The lowest BCUT2D eigenvalue weighted by molar-refractivity contribution is -0.126. The third kappa shape index (κ3) is 2.06. The maximum absolute atomic E-state index is 11.3. The van der Waals surface area contributed by atoms with Crippen LogP contribution >= 0.6 is 15.9 Å². The maximum Gasteiger partial charge on any atom is 0.236 e. The highest BCUT2D eigenvalue weighted by atomic mass is 79.9. The summed E-state index contributed by atoms with van der Waals surface area (Å²) < 4.78 is 0. The predicted molar refractivity (Wildman–Crippen MR) is 48.7 cm³/mol. The molecule has 1 fully saturated rings. The Bertz CT molecular complexity index is 191. The number of likely N-dealkylation sites (tertiary alicyclic amines) is 1. The van der Waals surface area contributed by atoms with E-state index < -0.39 is 0 Å². The largest absolute Gasteiger partial charge is 0.338 e. The Kier molecular flexibility index (Phi) is 2.71. The van der Waals surface area contributed by atoms with Gasteiger partial charge in [-0.15, -0.1) is 0 Å². The van der Waals surface area contributed by atoms with Gasteiger partial charge < -0.3 is 4.90 Å². The van der Waals surface area contributed by atoms with E-state index in [4.69, 9.17) is 0 Å². The summed E-state index contributed by atoms with van der Waals surface area (Å²) in [5.41, 5.74) is 1.04. The molecule has 1 rings (SSSR count). The van der Waals surface area contributed by atoms with Gasteiger partial charge in [0, 0.05) is 13.1 Å². The number of carbonyl (C=O) groups excluding carboxylic acids is 1. The third-order valence-electron chi connectivity index (χ3n) is 1.69. The van der Waals surface area contributed by atoms with E-state index in [9.17, 15) is 4.79 Å². The van der Waals surface area contributed by atoms with Crippen LogP contribution in [0.5, 0.6) is 0 Å². The molecule has 0 aromatic carbocycles. The molecule has 11 heavy (non-hydrogen) atoms. The molecular weight excluding hydrogens is 206 g/mol. The van der Waals surface area contributed by atoms with Crippen molar-refractivity contribution in [2.75, 3.05) is 13.1 Å². The van der Waals surface area contributed by atoms with E-state index >= 15 is 0 Å². The number of amides is 1. The lowest BCUT2D eigenvalue weighted by Gasteiger charge is -2.14. The number of hydrogen-bond acceptors (Lipinski definition) is 1. The van der Waals surface area contributed by atoms with Crippen molar-refractivity contribution >= 4 is 21.8 Å². The number of halogens is 1. The molecule has 0 saturated carbocycles. The van der Waals surface area contributed by atoms with E-state index in [0.29, 0.717) is 6.54 Å². The first-order valence-corrected chi connectivity index (χ1v) is 4.60. The average molecular weight is 218 g/mol. The molecule has 2 nitrogen and oxygen atoms in total. The van der Waals surface area contributed by atoms with Crippen LogP contribution in [0.4, 0.5) is 0 Å². The van der Waals surface area contributed by atoms with Gasteiger partial charge in [0.25, 0.3) is 0 Å². The van der Waals surface area contributed by atoms with E-state index in [1.807, 2.05) is 11.8 Å². The van der Waals surface area contributed by atoms with Gasteiger partial charge in [-0.25, -0.2) is 0 Å². The van der Waals surface area contributed by atoms with Gasteiger partial charge in [0.05, 0.1) is 4.83 Å². The second-order valence-corrected chi connectivity index (χ2v) is 4.08. The lowest BCUT2D eigenvalue weighted by Crippen LogP contribution is -2.28. The van der Waals surface area contributed by atoms with Crippen LogP contribution in [0.15, 0.2) is 12.2 Å². The van der Waals surface area contributed by atoms with Crippen molar-refractivity contribution in [1.82, 2.24) is 4.90 Å². The van der Waals surface area contributed by atoms with Crippen LogP contribution in [0.1, 0.15) is 13.3 Å². The minimum Gasteiger partial charge on any atom is -0.338 e. The fourth-order valence-corrected chi connectivity index (χ4v) is 1.68. The second-order valence-electron chi connectivity index (χ2n) is 2.97. The molecule has 0 bridgehead atoms. The highest BCUT2D eigenvalue weighted by Crippen LogP contribution is 2.18. The van der Waals surface area contributed by atoms with Crippen molar-refractivity contribution in [2.45, 2.75) is 18.2 Å². The van der Waals surface area contributed by atoms with Gasteiger partial charge in [-0.05, 0) is 13.3 Å². The molecule has 0 aromatic heterocycles. The molecular formula is C8H12BrNO. The van der Waals surface area contributed by atoms with Crippen LogP contribution in [-0.4, -0.2) is 28.7 Å². The molecule has 1 amide bonds. The van der Waals surface area contributed by atoms with E-state index in [0.717, 1.165) is 18.5 Å². The van der Waals surface area contributed by atoms with Crippen molar-refractivity contribution < 1.29 is 4.79 Å². The summed E-state index contributed by atoms with van der Waals surface area (Å²) in [4.78, 5) is 13.2. The summed E-state index contributed by atoms with van der Waals surface area (Å²) >= 11 is 3.31. The highest BCUT2D eigenvalue weighted by molar-refractivity contribution is 9.10. The zero-order chi connectivity index (χ0) is 8.43. The molecule has 0 N–H and O–H groups in total. The Morgan fingerprint density at radius 1 is 1.91 bits per heavy atom. The molecule has 1 heterocycles. The Labute approximate surface area is 75.4 Å². The molecule has 1 saturated heterocycles. The SMILES string of the molecule is C=C(C)CN1CCC(Br)C1=O. The average Bonchev–Trinajstić information content (AvgIpc) is 2.18. The van der Waals surface area contributed by atoms with Gasteiger partial charge in [0.1, 0.15) is 0 Å². The molecule has 3 heteroatoms. The first-order valence-electron chi connectivity index (χ1n) is 3.68. The molecule has 1 atom stereocenters. The second kappa shape index (κ2) is 3.39. The summed E-state index contributed by atoms with van der Waals surface area (Å²) in [7, 11) is 0. The van der Waals surface area contributed by atoms with Crippen LogP contribution in [0.2, 0.25) is 0 Å². The Balaban J connectivity index is 2.49. The molecule has 0 aliphatic carbocycles. The quantitative estimate of drug-likeness (QED) is 0.508. The van der Waals surface area contributed by atoms with E-state index in [-0.39, 0.29) is 10.7 Å². The zero-order valence-corrected chi connectivity index (χ0v) is 8.23. The number of alkyl halides is 1. The van der Waals surface area contributed by atoms with Crippen molar-refractivity contribution in [1.29, 1.82) is 0 Å². The summed E-state index contributed by atoms with van der Waals surface area (Å²) in [5, 5.41) is 0.